The Morgan fingerprint density at radius 3 is 2.62 bits per heavy atom. The van der Waals surface area contributed by atoms with Crippen LogP contribution in [0.5, 0.6) is 17.2 Å². The summed E-state index contributed by atoms with van der Waals surface area (Å²) in [5, 5.41) is 14.0. The minimum atomic E-state index is -0.544. The fourth-order valence-electron chi connectivity index (χ4n) is 4.87. The number of likely N-dealkylation sites (tertiary alicyclic amines) is 1. The Hall–Kier alpha value is -5.39. The maximum absolute atomic E-state index is 13.5. The molecule has 1 aromatic heterocycles. The number of nitrogens with zero attached hydrogens (tertiary/aromatic N) is 4. The second-order valence-electron chi connectivity index (χ2n) is 9.91. The van der Waals surface area contributed by atoms with Gasteiger partial charge in [0.15, 0.2) is 23.8 Å². The van der Waals surface area contributed by atoms with Gasteiger partial charge in [0.05, 0.1) is 31.6 Å². The second-order valence-corrected chi connectivity index (χ2v) is 9.91. The highest BCUT2D eigenvalue weighted by atomic mass is 16.5. The van der Waals surface area contributed by atoms with Crippen molar-refractivity contribution in [3.63, 3.8) is 0 Å². The molecule has 0 radical (unpaired) electrons. The molecule has 42 heavy (non-hydrogen) atoms. The number of rotatable bonds is 3. The molecule has 2 atom stereocenters. The summed E-state index contributed by atoms with van der Waals surface area (Å²) in [7, 11) is 1.48. The highest BCUT2D eigenvalue weighted by Gasteiger charge is 2.39. The van der Waals surface area contributed by atoms with Crippen molar-refractivity contribution in [1.29, 1.82) is 0 Å². The van der Waals surface area contributed by atoms with Gasteiger partial charge in [0.25, 0.3) is 17.7 Å². The molecule has 12 heteroatoms. The zero-order valence-corrected chi connectivity index (χ0v) is 22.7. The number of benzene rings is 3. The molecule has 0 aliphatic carbocycles. The molecule has 1 fully saturated rings. The first kappa shape index (κ1) is 26.8. The topological polar surface area (TPSA) is 137 Å². The number of carbonyl (C=O) groups is 3. The van der Waals surface area contributed by atoms with E-state index in [0.29, 0.717) is 23.6 Å². The van der Waals surface area contributed by atoms with E-state index in [-0.39, 0.29) is 43.0 Å². The maximum atomic E-state index is 13.5. The molecule has 0 spiro atoms. The van der Waals surface area contributed by atoms with Crippen LogP contribution in [0.15, 0.2) is 79.0 Å². The SMILES string of the molecule is COc1ccc2cc1OCC(=O)NCc1ccc(cc1)O[C@H]1CN(C(=O)c3cn(-c4ccccc4)nn3)C[C@@H]1NC2=O. The van der Waals surface area contributed by atoms with Crippen LogP contribution in [0.4, 0.5) is 0 Å². The summed E-state index contributed by atoms with van der Waals surface area (Å²) in [6.45, 7) is 0.469. The molecule has 3 amide bonds. The van der Waals surface area contributed by atoms with Crippen molar-refractivity contribution in [3.8, 4) is 22.9 Å². The van der Waals surface area contributed by atoms with Crippen LogP contribution in [0, 0.1) is 0 Å². The number of para-hydroxylation sites is 1. The highest BCUT2D eigenvalue weighted by molar-refractivity contribution is 5.96. The van der Waals surface area contributed by atoms with Gasteiger partial charge >= 0.3 is 0 Å². The van der Waals surface area contributed by atoms with Crippen LogP contribution < -0.4 is 24.8 Å². The minimum absolute atomic E-state index is 0.183. The molecule has 4 bridgehead atoms. The van der Waals surface area contributed by atoms with Crippen molar-refractivity contribution < 1.29 is 28.6 Å². The highest BCUT2D eigenvalue weighted by Crippen LogP contribution is 2.29. The maximum Gasteiger partial charge on any atom is 0.276 e. The fraction of sp³-hybridized carbons (Fsp3) is 0.233. The zero-order chi connectivity index (χ0) is 29.1. The van der Waals surface area contributed by atoms with E-state index in [4.69, 9.17) is 14.2 Å². The Morgan fingerprint density at radius 2 is 1.83 bits per heavy atom. The molecule has 1 saturated heterocycles. The zero-order valence-electron chi connectivity index (χ0n) is 22.7. The standard InChI is InChI=1S/C30H28N6O6/c1-40-25-12-9-20-13-26(25)41-18-28(37)31-14-19-7-10-22(11-8-19)42-27-17-35(15-23(27)32-29(20)38)30(39)24-16-36(34-33-24)21-5-3-2-4-6-21/h2-13,16,23,27H,14-15,17-18H2,1H3,(H,31,37)(H,32,38)/t23-,27-/m0/s1. The quantitative estimate of drug-likeness (QED) is 0.383. The normalized spacial score (nSPS) is 18.6. The third kappa shape index (κ3) is 5.73. The van der Waals surface area contributed by atoms with Gasteiger partial charge in [-0.05, 0) is 48.0 Å². The number of methoxy groups -OCH3 is 1. The molecule has 0 unspecified atom stereocenters. The predicted molar refractivity (Wildman–Crippen MR) is 150 cm³/mol. The van der Waals surface area contributed by atoms with Crippen LogP contribution in [0.1, 0.15) is 26.4 Å². The van der Waals surface area contributed by atoms with Gasteiger partial charge in [-0.25, -0.2) is 4.68 Å². The smallest absolute Gasteiger partial charge is 0.276 e. The Balaban J connectivity index is 1.27. The molecular formula is C30H28N6O6. The van der Waals surface area contributed by atoms with Gasteiger partial charge in [0.1, 0.15) is 11.9 Å². The van der Waals surface area contributed by atoms with E-state index >= 15 is 0 Å². The van der Waals surface area contributed by atoms with E-state index < -0.39 is 18.1 Å². The van der Waals surface area contributed by atoms with Crippen LogP contribution >= 0.6 is 0 Å². The number of carbonyl (C=O) groups excluding carboxylic acids is 3. The number of hydrogen-bond donors (Lipinski definition) is 2. The first-order chi connectivity index (χ1) is 20.5. The van der Waals surface area contributed by atoms with Gasteiger partial charge < -0.3 is 29.7 Å². The predicted octanol–water partition coefficient (Wildman–Crippen LogP) is 1.99. The molecule has 7 rings (SSSR count). The molecule has 3 aliphatic rings. The lowest BCUT2D eigenvalue weighted by atomic mass is 10.1. The van der Waals surface area contributed by atoms with E-state index in [0.717, 1.165) is 11.3 Å². The van der Waals surface area contributed by atoms with Crippen molar-refractivity contribution >= 4 is 17.7 Å². The van der Waals surface area contributed by atoms with Crippen LogP contribution in [-0.2, 0) is 11.3 Å². The second kappa shape index (κ2) is 11.6. The Morgan fingerprint density at radius 1 is 1.02 bits per heavy atom. The molecule has 0 saturated carbocycles. The van der Waals surface area contributed by atoms with Crippen LogP contribution in [-0.4, -0.2) is 76.6 Å². The summed E-state index contributed by atoms with van der Waals surface area (Å²) in [5.41, 5.74) is 2.13. The molecule has 3 aromatic carbocycles. The van der Waals surface area contributed by atoms with Crippen molar-refractivity contribution in [1.82, 2.24) is 30.5 Å². The average molecular weight is 569 g/mol. The van der Waals surface area contributed by atoms with Crippen LogP contribution in [0.25, 0.3) is 5.69 Å². The summed E-state index contributed by atoms with van der Waals surface area (Å²) in [4.78, 5) is 40.8. The van der Waals surface area contributed by atoms with Crippen molar-refractivity contribution in [3.05, 3.63) is 95.8 Å². The lowest BCUT2D eigenvalue weighted by molar-refractivity contribution is -0.123. The molecule has 3 aliphatic heterocycles. The van der Waals surface area contributed by atoms with E-state index in [9.17, 15) is 14.4 Å². The summed E-state index contributed by atoms with van der Waals surface area (Å²) in [5.74, 6) is 0.170. The van der Waals surface area contributed by atoms with E-state index in [1.165, 1.54) is 13.2 Å². The molecule has 4 heterocycles. The lowest BCUT2D eigenvalue weighted by Crippen LogP contribution is -2.45. The number of hydrogen-bond acceptors (Lipinski definition) is 8. The van der Waals surface area contributed by atoms with Gasteiger partial charge in [-0.15, -0.1) is 5.10 Å². The monoisotopic (exact) mass is 568 g/mol. The van der Waals surface area contributed by atoms with E-state index in [2.05, 4.69) is 20.9 Å². The van der Waals surface area contributed by atoms with Crippen molar-refractivity contribution in [2.24, 2.45) is 0 Å². The van der Waals surface area contributed by atoms with Crippen LogP contribution in [0.2, 0.25) is 0 Å². The number of nitrogens with one attached hydrogen (secondary N) is 2. The third-order valence-electron chi connectivity index (χ3n) is 7.09. The Labute approximate surface area is 241 Å². The largest absolute Gasteiger partial charge is 0.493 e. The Bertz CT molecular complexity index is 1610. The van der Waals surface area contributed by atoms with Gasteiger partial charge in [-0.2, -0.15) is 0 Å². The summed E-state index contributed by atoms with van der Waals surface area (Å²) in [6.07, 6.45) is 1.04. The van der Waals surface area contributed by atoms with Gasteiger partial charge in [-0.1, -0.05) is 35.5 Å². The number of aromatic nitrogens is 3. The minimum Gasteiger partial charge on any atom is -0.493 e. The summed E-state index contributed by atoms with van der Waals surface area (Å²) in [6, 6.07) is 20.8. The first-order valence-corrected chi connectivity index (χ1v) is 13.4. The number of fused-ring (bicyclic) bond motifs is 7. The van der Waals surface area contributed by atoms with E-state index in [1.807, 2.05) is 42.5 Å². The first-order valence-electron chi connectivity index (χ1n) is 13.4. The third-order valence-corrected chi connectivity index (χ3v) is 7.09. The lowest BCUT2D eigenvalue weighted by Gasteiger charge is -2.21. The molecular weight excluding hydrogens is 540 g/mol. The average Bonchev–Trinajstić information content (AvgIpc) is 3.67. The van der Waals surface area contributed by atoms with Crippen molar-refractivity contribution in [2.75, 3.05) is 26.8 Å². The number of ether oxygens (including phenoxy) is 3. The molecule has 4 aromatic rings. The molecule has 12 nitrogen and oxygen atoms in total. The van der Waals surface area contributed by atoms with Crippen molar-refractivity contribution in [2.45, 2.75) is 18.7 Å². The Kier molecular flexibility index (Phi) is 7.41. The van der Waals surface area contributed by atoms with Gasteiger partial charge in [0, 0.05) is 18.7 Å². The van der Waals surface area contributed by atoms with Gasteiger partial charge in [0.2, 0.25) is 0 Å². The van der Waals surface area contributed by atoms with Gasteiger partial charge in [-0.3, -0.25) is 14.4 Å². The molecule has 2 N–H and O–H groups in total. The summed E-state index contributed by atoms with van der Waals surface area (Å²) < 4.78 is 18.9. The van der Waals surface area contributed by atoms with Crippen LogP contribution in [0.3, 0.4) is 0 Å². The number of amides is 3. The summed E-state index contributed by atoms with van der Waals surface area (Å²) >= 11 is 0. The molecule has 214 valence electrons. The fourth-order valence-corrected chi connectivity index (χ4v) is 4.87. The van der Waals surface area contributed by atoms with E-state index in [1.54, 1.807) is 40.0 Å².